The maximum absolute atomic E-state index is 11.5. The Hall–Kier alpha value is -0.620. The van der Waals surface area contributed by atoms with Gasteiger partial charge in [0.25, 0.3) is 0 Å². The second-order valence-corrected chi connectivity index (χ2v) is 6.15. The van der Waals surface area contributed by atoms with Crippen LogP contribution in [0.2, 0.25) is 0 Å². The fourth-order valence-corrected chi connectivity index (χ4v) is 3.28. The highest BCUT2D eigenvalue weighted by Gasteiger charge is 2.49. The Morgan fingerprint density at radius 2 is 2.15 bits per heavy atom. The summed E-state index contributed by atoms with van der Waals surface area (Å²) in [5.41, 5.74) is 5.54. The van der Waals surface area contributed by atoms with Gasteiger partial charge in [0.2, 0.25) is 0 Å². The number of sulfone groups is 1. The fraction of sp³-hybridized carbons (Fsp3) is 0.857. The van der Waals surface area contributed by atoms with Gasteiger partial charge in [0.15, 0.2) is 14.6 Å². The summed E-state index contributed by atoms with van der Waals surface area (Å²) in [6.07, 6.45) is 0.357. The van der Waals surface area contributed by atoms with Crippen molar-refractivity contribution in [1.82, 2.24) is 0 Å². The van der Waals surface area contributed by atoms with Crippen molar-refractivity contribution in [2.24, 2.45) is 5.73 Å². The van der Waals surface area contributed by atoms with Crippen LogP contribution in [0.5, 0.6) is 0 Å². The summed E-state index contributed by atoms with van der Waals surface area (Å²) < 4.78 is 21.2. The van der Waals surface area contributed by atoms with Crippen molar-refractivity contribution < 1.29 is 18.3 Å². The quantitative estimate of drug-likeness (QED) is 0.596. The minimum absolute atomic E-state index is 0.00463. The topological polar surface area (TPSA) is 97.5 Å². The zero-order valence-corrected chi connectivity index (χ0v) is 8.17. The highest BCUT2D eigenvalue weighted by Crippen LogP contribution is 2.30. The Labute approximate surface area is 76.8 Å². The molecule has 0 radical (unpaired) electrons. The monoisotopic (exact) mass is 207 g/mol. The molecule has 0 aromatic heterocycles. The van der Waals surface area contributed by atoms with Gasteiger partial charge in [0.1, 0.15) is 0 Å². The molecule has 1 fully saturated rings. The van der Waals surface area contributed by atoms with Gasteiger partial charge >= 0.3 is 5.97 Å². The summed E-state index contributed by atoms with van der Waals surface area (Å²) >= 11 is 0. The van der Waals surface area contributed by atoms with Crippen LogP contribution in [0.25, 0.3) is 0 Å². The maximum Gasteiger partial charge on any atom is 0.324 e. The summed E-state index contributed by atoms with van der Waals surface area (Å²) in [6.45, 7) is 1.23. The molecule has 2 atom stereocenters. The Morgan fingerprint density at radius 3 is 2.54 bits per heavy atom. The van der Waals surface area contributed by atoms with Crippen LogP contribution in [0, 0.1) is 0 Å². The predicted molar refractivity (Wildman–Crippen MR) is 47.0 cm³/mol. The van der Waals surface area contributed by atoms with Crippen molar-refractivity contribution >= 4 is 15.8 Å². The molecule has 0 saturated carbocycles. The van der Waals surface area contributed by atoms with Gasteiger partial charge in [-0.15, -0.1) is 0 Å². The van der Waals surface area contributed by atoms with Crippen LogP contribution in [0.3, 0.4) is 0 Å². The second-order valence-electron chi connectivity index (χ2n) is 3.61. The molecule has 2 unspecified atom stereocenters. The molecule has 1 heterocycles. The molecule has 0 aliphatic carbocycles. The molecule has 76 valence electrons. The van der Waals surface area contributed by atoms with Gasteiger partial charge in [-0.3, -0.25) is 4.79 Å². The van der Waals surface area contributed by atoms with E-state index in [1.807, 2.05) is 0 Å². The lowest BCUT2D eigenvalue weighted by molar-refractivity contribution is -0.140. The number of carboxylic acid groups (broad SMARTS) is 1. The van der Waals surface area contributed by atoms with Crippen LogP contribution in [0.4, 0.5) is 0 Å². The zero-order chi connectivity index (χ0) is 10.3. The smallest absolute Gasteiger partial charge is 0.324 e. The van der Waals surface area contributed by atoms with E-state index >= 15 is 0 Å². The van der Waals surface area contributed by atoms with Crippen molar-refractivity contribution in [3.8, 4) is 0 Å². The number of carbonyl (C=O) groups is 1. The zero-order valence-electron chi connectivity index (χ0n) is 7.36. The normalized spacial score (nSPS) is 38.5. The minimum Gasteiger partial charge on any atom is -0.480 e. The second kappa shape index (κ2) is 2.95. The first-order valence-corrected chi connectivity index (χ1v) is 5.66. The molecule has 1 aliphatic rings. The molecule has 0 aromatic carbocycles. The predicted octanol–water partition coefficient (Wildman–Crippen LogP) is -0.634. The van der Waals surface area contributed by atoms with E-state index in [4.69, 9.17) is 10.8 Å². The van der Waals surface area contributed by atoms with E-state index in [0.717, 1.165) is 0 Å². The van der Waals surface area contributed by atoms with Gasteiger partial charge in [0, 0.05) is 6.04 Å². The number of aliphatic carboxylic acids is 1. The largest absolute Gasteiger partial charge is 0.480 e. The van der Waals surface area contributed by atoms with E-state index in [1.54, 1.807) is 0 Å². The van der Waals surface area contributed by atoms with E-state index in [2.05, 4.69) is 0 Å². The van der Waals surface area contributed by atoms with Gasteiger partial charge in [-0.2, -0.15) is 0 Å². The number of carboxylic acids is 1. The van der Waals surface area contributed by atoms with Gasteiger partial charge in [-0.25, -0.2) is 8.42 Å². The minimum atomic E-state index is -3.53. The summed E-state index contributed by atoms with van der Waals surface area (Å²) in [7, 11) is -3.53. The summed E-state index contributed by atoms with van der Waals surface area (Å²) in [6, 6.07) is -0.329. The van der Waals surface area contributed by atoms with E-state index in [-0.39, 0.29) is 18.2 Å². The van der Waals surface area contributed by atoms with Crippen molar-refractivity contribution in [1.29, 1.82) is 0 Å². The molecule has 0 amide bonds. The Morgan fingerprint density at radius 1 is 1.62 bits per heavy atom. The van der Waals surface area contributed by atoms with Crippen LogP contribution >= 0.6 is 0 Å². The SMILES string of the molecule is CC1(C(=O)O)CC(N)CCS1(=O)=O. The number of rotatable bonds is 1. The third kappa shape index (κ3) is 1.55. The van der Waals surface area contributed by atoms with Crippen LogP contribution in [-0.2, 0) is 14.6 Å². The van der Waals surface area contributed by atoms with Gasteiger partial charge < -0.3 is 10.8 Å². The molecule has 0 spiro atoms. The van der Waals surface area contributed by atoms with Crippen molar-refractivity contribution in [3.05, 3.63) is 0 Å². The molecule has 1 rings (SSSR count). The molecule has 1 aliphatic heterocycles. The van der Waals surface area contributed by atoms with E-state index < -0.39 is 20.6 Å². The Kier molecular flexibility index (Phi) is 2.38. The fourth-order valence-electron chi connectivity index (χ4n) is 1.48. The molecular weight excluding hydrogens is 194 g/mol. The lowest BCUT2D eigenvalue weighted by Crippen LogP contribution is -2.53. The molecular formula is C7H13NO4S. The molecule has 3 N–H and O–H groups in total. The first-order valence-electron chi connectivity index (χ1n) is 4.01. The van der Waals surface area contributed by atoms with Crippen LogP contribution < -0.4 is 5.73 Å². The highest BCUT2D eigenvalue weighted by atomic mass is 32.2. The Balaban J connectivity index is 3.10. The van der Waals surface area contributed by atoms with E-state index in [9.17, 15) is 13.2 Å². The third-order valence-electron chi connectivity index (χ3n) is 2.55. The molecule has 13 heavy (non-hydrogen) atoms. The number of nitrogens with two attached hydrogens (primary N) is 1. The maximum atomic E-state index is 11.5. The van der Waals surface area contributed by atoms with E-state index in [1.165, 1.54) is 6.92 Å². The lowest BCUT2D eigenvalue weighted by atomic mass is 9.99. The van der Waals surface area contributed by atoms with Gasteiger partial charge in [-0.1, -0.05) is 0 Å². The number of hydrogen-bond donors (Lipinski definition) is 2. The molecule has 0 aromatic rings. The van der Waals surface area contributed by atoms with Crippen molar-refractivity contribution in [2.75, 3.05) is 5.75 Å². The third-order valence-corrected chi connectivity index (χ3v) is 5.04. The standard InChI is InChI=1S/C7H13NO4S/c1-7(6(9)10)4-5(8)2-3-13(7,11)12/h5H,2-4,8H2,1H3,(H,9,10). The van der Waals surface area contributed by atoms with E-state index in [0.29, 0.717) is 6.42 Å². The summed E-state index contributed by atoms with van der Waals surface area (Å²) in [5, 5.41) is 8.82. The van der Waals surface area contributed by atoms with Crippen molar-refractivity contribution in [3.63, 3.8) is 0 Å². The van der Waals surface area contributed by atoms with Crippen LogP contribution in [-0.4, -0.2) is 36.0 Å². The average molecular weight is 207 g/mol. The number of hydrogen-bond acceptors (Lipinski definition) is 4. The van der Waals surface area contributed by atoms with Crippen molar-refractivity contribution in [2.45, 2.75) is 30.6 Å². The summed E-state index contributed by atoms with van der Waals surface area (Å²) in [5.74, 6) is -1.43. The van der Waals surface area contributed by atoms with Crippen LogP contribution in [0.1, 0.15) is 19.8 Å². The highest BCUT2D eigenvalue weighted by molar-refractivity contribution is 7.93. The first kappa shape index (κ1) is 10.5. The summed E-state index contributed by atoms with van der Waals surface area (Å²) in [4.78, 5) is 10.8. The average Bonchev–Trinajstić information content (AvgIpc) is 1.98. The van der Waals surface area contributed by atoms with Gasteiger partial charge in [0.05, 0.1) is 5.75 Å². The molecule has 5 nitrogen and oxygen atoms in total. The van der Waals surface area contributed by atoms with Gasteiger partial charge in [-0.05, 0) is 19.8 Å². The van der Waals surface area contributed by atoms with Crippen LogP contribution in [0.15, 0.2) is 0 Å². The first-order chi connectivity index (χ1) is 5.79. The molecule has 6 heteroatoms. The Bertz CT molecular complexity index is 323. The lowest BCUT2D eigenvalue weighted by Gasteiger charge is -2.32. The molecule has 1 saturated heterocycles. The molecule has 0 bridgehead atoms.